The molecule has 0 N–H and O–H groups in total. The molecule has 3 aromatic rings. The number of hydrogen-bond donors (Lipinski definition) is 0. The molecule has 3 aliphatic rings. The Bertz CT molecular complexity index is 1320. The molecule has 2 atom stereocenters. The van der Waals surface area contributed by atoms with Crippen molar-refractivity contribution in [3.8, 4) is 11.1 Å². The lowest BCUT2D eigenvalue weighted by Crippen LogP contribution is -2.56. The van der Waals surface area contributed by atoms with Crippen molar-refractivity contribution in [2.45, 2.75) is 37.0 Å². The molecular formula is C30H26F3NO3. The summed E-state index contributed by atoms with van der Waals surface area (Å²) in [5.74, 6) is -0.0238. The van der Waals surface area contributed by atoms with Gasteiger partial charge in [0.25, 0.3) is 0 Å². The van der Waals surface area contributed by atoms with Gasteiger partial charge in [-0.25, -0.2) is 4.79 Å². The molecule has 0 spiro atoms. The van der Waals surface area contributed by atoms with Gasteiger partial charge in [0.15, 0.2) is 0 Å². The van der Waals surface area contributed by atoms with Gasteiger partial charge in [0.1, 0.15) is 6.61 Å². The summed E-state index contributed by atoms with van der Waals surface area (Å²) in [6, 6.07) is 21.3. The van der Waals surface area contributed by atoms with E-state index in [1.54, 1.807) is 11.0 Å². The maximum absolute atomic E-state index is 13.3. The summed E-state index contributed by atoms with van der Waals surface area (Å²) in [4.78, 5) is 15.0. The molecule has 0 radical (unpaired) electrons. The van der Waals surface area contributed by atoms with Crippen LogP contribution < -0.4 is 0 Å². The van der Waals surface area contributed by atoms with Gasteiger partial charge in [-0.05, 0) is 46.7 Å². The number of halogens is 3. The molecule has 3 aromatic carbocycles. The van der Waals surface area contributed by atoms with E-state index in [-0.39, 0.29) is 30.7 Å². The maximum atomic E-state index is 13.3. The van der Waals surface area contributed by atoms with Crippen LogP contribution in [0.2, 0.25) is 0 Å². The number of fused-ring (bicyclic) bond motifs is 5. The van der Waals surface area contributed by atoms with E-state index in [2.05, 4.69) is 24.3 Å². The molecule has 4 nitrogen and oxygen atoms in total. The van der Waals surface area contributed by atoms with Crippen molar-refractivity contribution in [3.63, 3.8) is 0 Å². The van der Waals surface area contributed by atoms with Crippen LogP contribution in [0.1, 0.15) is 34.6 Å². The molecule has 37 heavy (non-hydrogen) atoms. The van der Waals surface area contributed by atoms with E-state index >= 15 is 0 Å². The van der Waals surface area contributed by atoms with Gasteiger partial charge in [0, 0.05) is 5.92 Å². The Balaban J connectivity index is 1.17. The summed E-state index contributed by atoms with van der Waals surface area (Å²) in [5.41, 5.74) is 5.62. The van der Waals surface area contributed by atoms with E-state index in [1.807, 2.05) is 30.3 Å². The Kier molecular flexibility index (Phi) is 6.03. The van der Waals surface area contributed by atoms with Gasteiger partial charge in [-0.3, -0.25) is 4.90 Å². The molecular weight excluding hydrogens is 479 g/mol. The van der Waals surface area contributed by atoms with Crippen LogP contribution in [0.5, 0.6) is 0 Å². The van der Waals surface area contributed by atoms with Gasteiger partial charge >= 0.3 is 12.3 Å². The normalized spacial score (nSPS) is 20.7. The second-order valence-corrected chi connectivity index (χ2v) is 9.87. The molecule has 1 amide bonds. The van der Waals surface area contributed by atoms with E-state index in [1.165, 1.54) is 23.3 Å². The summed E-state index contributed by atoms with van der Waals surface area (Å²) >= 11 is 0. The average molecular weight is 506 g/mol. The van der Waals surface area contributed by atoms with Gasteiger partial charge in [-0.1, -0.05) is 78.4 Å². The van der Waals surface area contributed by atoms with Crippen molar-refractivity contribution in [2.75, 3.05) is 19.8 Å². The van der Waals surface area contributed by atoms with E-state index in [9.17, 15) is 18.0 Å². The number of amides is 1. The van der Waals surface area contributed by atoms with Crippen molar-refractivity contribution in [3.05, 3.63) is 107 Å². The zero-order chi connectivity index (χ0) is 25.6. The van der Waals surface area contributed by atoms with Crippen molar-refractivity contribution < 1.29 is 27.4 Å². The first kappa shape index (κ1) is 23.8. The van der Waals surface area contributed by atoms with Crippen LogP contribution in [-0.4, -0.2) is 42.9 Å². The molecule has 2 bridgehead atoms. The molecule has 1 fully saturated rings. The highest BCUT2D eigenvalue weighted by molar-refractivity contribution is 5.79. The van der Waals surface area contributed by atoms with Crippen molar-refractivity contribution in [1.82, 2.24) is 4.90 Å². The lowest BCUT2D eigenvalue weighted by atomic mass is 9.90. The summed E-state index contributed by atoms with van der Waals surface area (Å²) < 4.78 is 51.0. The number of hydrogen-bond acceptors (Lipinski definition) is 3. The fourth-order valence-electron chi connectivity index (χ4n) is 5.89. The van der Waals surface area contributed by atoms with Crippen molar-refractivity contribution in [2.24, 2.45) is 0 Å². The zero-order valence-electron chi connectivity index (χ0n) is 20.1. The average Bonchev–Trinajstić information content (AvgIpc) is 3.20. The fraction of sp³-hybridized carbons (Fsp3) is 0.300. The first-order valence-corrected chi connectivity index (χ1v) is 12.5. The van der Waals surface area contributed by atoms with Crippen molar-refractivity contribution >= 4 is 6.09 Å². The number of morpholine rings is 1. The molecule has 1 saturated heterocycles. The topological polar surface area (TPSA) is 38.8 Å². The van der Waals surface area contributed by atoms with Crippen LogP contribution in [0.15, 0.2) is 84.4 Å². The molecule has 2 unspecified atom stereocenters. The minimum Gasteiger partial charge on any atom is -0.448 e. The predicted octanol–water partition coefficient (Wildman–Crippen LogP) is 6.60. The first-order valence-electron chi connectivity index (χ1n) is 12.5. The molecule has 6 rings (SSSR count). The third kappa shape index (κ3) is 4.53. The van der Waals surface area contributed by atoms with Crippen LogP contribution in [0.4, 0.5) is 18.0 Å². The monoisotopic (exact) mass is 505 g/mol. The number of benzene rings is 3. The summed E-state index contributed by atoms with van der Waals surface area (Å²) in [5, 5.41) is 0. The Labute approximate surface area is 213 Å². The third-order valence-corrected chi connectivity index (χ3v) is 7.51. The maximum Gasteiger partial charge on any atom is 0.416 e. The smallest absolute Gasteiger partial charge is 0.416 e. The lowest BCUT2D eigenvalue weighted by Gasteiger charge is -2.44. The van der Waals surface area contributed by atoms with Gasteiger partial charge in [-0.2, -0.15) is 13.2 Å². The minimum absolute atomic E-state index is 0.0238. The Morgan fingerprint density at radius 3 is 2.32 bits per heavy atom. The Morgan fingerprint density at radius 2 is 1.65 bits per heavy atom. The fourth-order valence-corrected chi connectivity index (χ4v) is 5.89. The SMILES string of the molecule is O=C(OCC1c2ccccc2-c2ccccc21)N1C2C=C(Cc3cccc(C(F)(F)F)c3)CC1COC2. The van der Waals surface area contributed by atoms with Crippen LogP contribution in [0, 0.1) is 0 Å². The molecule has 0 aromatic heterocycles. The standard InChI is InChI=1S/C30H26F3NO3/c31-30(32,33)21-7-5-6-19(13-21)12-20-14-22-16-36-17-23(15-20)34(22)29(35)37-18-28-26-10-3-1-8-24(26)25-9-2-4-11-27(25)28/h1-11,13-14,22-23,28H,12,15-18H2. The predicted molar refractivity (Wildman–Crippen MR) is 133 cm³/mol. The molecule has 2 heterocycles. The van der Waals surface area contributed by atoms with Gasteiger partial charge < -0.3 is 9.47 Å². The number of nitrogens with zero attached hydrogens (tertiary/aromatic N) is 1. The minimum atomic E-state index is -4.37. The number of carbonyl (C=O) groups is 1. The Hall–Kier alpha value is -3.58. The van der Waals surface area contributed by atoms with E-state index in [4.69, 9.17) is 9.47 Å². The highest BCUT2D eigenvalue weighted by Crippen LogP contribution is 2.44. The number of ether oxygens (including phenoxy) is 2. The second-order valence-electron chi connectivity index (χ2n) is 9.87. The number of rotatable bonds is 4. The first-order chi connectivity index (χ1) is 17.9. The van der Waals surface area contributed by atoms with Crippen LogP contribution in [0.3, 0.4) is 0 Å². The number of carbonyl (C=O) groups excluding carboxylic acids is 1. The second kappa shape index (κ2) is 9.38. The van der Waals surface area contributed by atoms with Crippen LogP contribution in [-0.2, 0) is 22.1 Å². The Morgan fingerprint density at radius 1 is 0.946 bits per heavy atom. The summed E-state index contributed by atoms with van der Waals surface area (Å²) in [6.07, 6.45) is -1.85. The number of alkyl halides is 3. The molecule has 7 heteroatoms. The van der Waals surface area contributed by atoms with Gasteiger partial charge in [-0.15, -0.1) is 0 Å². The van der Waals surface area contributed by atoms with Crippen molar-refractivity contribution in [1.29, 1.82) is 0 Å². The van der Waals surface area contributed by atoms with E-state index in [0.29, 0.717) is 31.6 Å². The third-order valence-electron chi connectivity index (χ3n) is 7.51. The highest BCUT2D eigenvalue weighted by Gasteiger charge is 2.40. The van der Waals surface area contributed by atoms with Crippen LogP contribution >= 0.6 is 0 Å². The summed E-state index contributed by atoms with van der Waals surface area (Å²) in [7, 11) is 0. The van der Waals surface area contributed by atoms with Gasteiger partial charge in [0.05, 0.1) is 30.9 Å². The van der Waals surface area contributed by atoms with Gasteiger partial charge in [0.2, 0.25) is 0 Å². The van der Waals surface area contributed by atoms with E-state index in [0.717, 1.165) is 22.8 Å². The molecule has 1 aliphatic carbocycles. The van der Waals surface area contributed by atoms with E-state index < -0.39 is 11.7 Å². The summed E-state index contributed by atoms with van der Waals surface area (Å²) in [6.45, 7) is 0.956. The lowest BCUT2D eigenvalue weighted by molar-refractivity contribution is -0.137. The van der Waals surface area contributed by atoms with Crippen LogP contribution in [0.25, 0.3) is 11.1 Å². The quantitative estimate of drug-likeness (QED) is 0.375. The molecule has 190 valence electrons. The molecule has 2 aliphatic heterocycles. The molecule has 0 saturated carbocycles. The zero-order valence-corrected chi connectivity index (χ0v) is 20.1. The highest BCUT2D eigenvalue weighted by atomic mass is 19.4. The largest absolute Gasteiger partial charge is 0.448 e.